The van der Waals surface area contributed by atoms with E-state index in [1.807, 2.05) is 0 Å². The summed E-state index contributed by atoms with van der Waals surface area (Å²) < 4.78 is 17.1. The topological polar surface area (TPSA) is 209 Å². The van der Waals surface area contributed by atoms with Gasteiger partial charge in [-0.15, -0.1) is 0 Å². The first-order chi connectivity index (χ1) is 19.8. The summed E-state index contributed by atoms with van der Waals surface area (Å²) >= 11 is 0. The monoisotopic (exact) mass is 585 g/mol. The molecule has 0 bridgehead atoms. The fourth-order valence-corrected chi connectivity index (χ4v) is 6.12. The van der Waals surface area contributed by atoms with Gasteiger partial charge in [-0.05, 0) is 13.0 Å². The highest BCUT2D eigenvalue weighted by molar-refractivity contribution is 6.31. The smallest absolute Gasteiger partial charge is 0.217 e. The summed E-state index contributed by atoms with van der Waals surface area (Å²) in [7, 11) is 1.31. The van der Waals surface area contributed by atoms with E-state index in [0.29, 0.717) is 0 Å². The third kappa shape index (κ3) is 4.63. The van der Waals surface area contributed by atoms with Crippen molar-refractivity contribution in [3.8, 4) is 17.2 Å². The number of ether oxygens (including phenoxy) is 3. The van der Waals surface area contributed by atoms with Crippen LogP contribution < -0.4 is 10.1 Å². The van der Waals surface area contributed by atoms with E-state index >= 15 is 0 Å². The minimum absolute atomic E-state index is 0.0665. The van der Waals surface area contributed by atoms with Crippen molar-refractivity contribution < 1.29 is 58.9 Å². The van der Waals surface area contributed by atoms with Crippen LogP contribution in [-0.4, -0.2) is 92.6 Å². The molecule has 0 radical (unpaired) electrons. The van der Waals surface area contributed by atoms with Crippen LogP contribution in [0.1, 0.15) is 75.8 Å². The number of amides is 1. The van der Waals surface area contributed by atoms with Crippen LogP contribution in [0.5, 0.6) is 17.2 Å². The second-order valence-electron chi connectivity index (χ2n) is 10.8. The Kier molecular flexibility index (Phi) is 7.58. The van der Waals surface area contributed by atoms with Crippen molar-refractivity contribution in [2.75, 3.05) is 13.7 Å². The number of phenols is 2. The number of rotatable bonds is 6. The van der Waals surface area contributed by atoms with E-state index in [9.17, 15) is 44.7 Å². The average Bonchev–Trinajstić information content (AvgIpc) is 2.94. The van der Waals surface area contributed by atoms with Crippen molar-refractivity contribution in [1.82, 2.24) is 5.32 Å². The lowest BCUT2D eigenvalue weighted by Crippen LogP contribution is -2.55. The van der Waals surface area contributed by atoms with Gasteiger partial charge in [-0.1, -0.05) is 12.1 Å². The molecule has 13 heteroatoms. The Labute approximate surface area is 239 Å². The molecule has 1 amide bonds. The maximum absolute atomic E-state index is 13.7. The highest BCUT2D eigenvalue weighted by atomic mass is 16.7. The molecule has 2 aromatic carbocycles. The summed E-state index contributed by atoms with van der Waals surface area (Å²) in [5, 5.41) is 57.0. The molecule has 2 aliphatic carbocycles. The highest BCUT2D eigenvalue weighted by Gasteiger charge is 2.50. The van der Waals surface area contributed by atoms with E-state index in [1.165, 1.54) is 32.2 Å². The molecule has 1 fully saturated rings. The fraction of sp³-hybridized carbons (Fsp3) is 0.448. The Morgan fingerprint density at radius 1 is 1.12 bits per heavy atom. The first-order valence-corrected chi connectivity index (χ1v) is 13.3. The quantitative estimate of drug-likeness (QED) is 0.214. The van der Waals surface area contributed by atoms with E-state index < -0.39 is 102 Å². The van der Waals surface area contributed by atoms with Gasteiger partial charge in [-0.3, -0.25) is 19.2 Å². The minimum Gasteiger partial charge on any atom is -0.507 e. The van der Waals surface area contributed by atoms with Gasteiger partial charge >= 0.3 is 0 Å². The van der Waals surface area contributed by atoms with E-state index in [-0.39, 0.29) is 34.4 Å². The van der Waals surface area contributed by atoms with E-state index in [4.69, 9.17) is 14.2 Å². The summed E-state index contributed by atoms with van der Waals surface area (Å²) in [6, 6.07) is 3.54. The van der Waals surface area contributed by atoms with Crippen LogP contribution in [0.4, 0.5) is 0 Å². The number of aromatic hydroxyl groups is 2. The number of Topliss-reactive ketones (excluding diaryl/α,β-unsaturated/α-hetero) is 1. The molecule has 13 nitrogen and oxygen atoms in total. The molecule has 2 aromatic rings. The summed E-state index contributed by atoms with van der Waals surface area (Å²) in [6.07, 6.45) is -5.65. The molecule has 6 atom stereocenters. The predicted molar refractivity (Wildman–Crippen MR) is 141 cm³/mol. The zero-order chi connectivity index (χ0) is 30.7. The summed E-state index contributed by atoms with van der Waals surface area (Å²) in [4.78, 5) is 51.7. The zero-order valence-corrected chi connectivity index (χ0v) is 23.0. The number of aliphatic hydroxyl groups excluding tert-OH is 2. The molecule has 1 heterocycles. The van der Waals surface area contributed by atoms with Gasteiger partial charge in [-0.2, -0.15) is 0 Å². The van der Waals surface area contributed by atoms with Crippen molar-refractivity contribution in [2.24, 2.45) is 0 Å². The largest absolute Gasteiger partial charge is 0.507 e. The van der Waals surface area contributed by atoms with Gasteiger partial charge in [0.1, 0.15) is 35.6 Å². The Morgan fingerprint density at radius 2 is 1.81 bits per heavy atom. The lowest BCUT2D eigenvalue weighted by Gasteiger charge is -2.42. The number of ketones is 3. The number of hydrogen-bond donors (Lipinski definition) is 6. The molecular formula is C29H31NO12. The van der Waals surface area contributed by atoms with Crippen molar-refractivity contribution >= 4 is 23.3 Å². The first-order valence-electron chi connectivity index (χ1n) is 13.3. The van der Waals surface area contributed by atoms with E-state index in [2.05, 4.69) is 5.32 Å². The molecule has 5 rings (SSSR count). The van der Waals surface area contributed by atoms with Gasteiger partial charge in [0, 0.05) is 42.9 Å². The van der Waals surface area contributed by atoms with Crippen LogP contribution in [-0.2, 0) is 25.5 Å². The number of aliphatic hydroxyl groups is 3. The second-order valence-corrected chi connectivity index (χ2v) is 10.8. The van der Waals surface area contributed by atoms with Gasteiger partial charge in [0.15, 0.2) is 17.9 Å². The van der Waals surface area contributed by atoms with Crippen molar-refractivity contribution in [3.05, 3.63) is 51.6 Å². The maximum Gasteiger partial charge on any atom is 0.217 e. The molecule has 1 aliphatic heterocycles. The van der Waals surface area contributed by atoms with Crippen LogP contribution >= 0.6 is 0 Å². The molecule has 0 spiro atoms. The molecule has 1 saturated heterocycles. The van der Waals surface area contributed by atoms with Crippen molar-refractivity contribution in [2.45, 2.75) is 69.4 Å². The number of benzene rings is 2. The number of carbonyl (C=O) groups excluding carboxylic acids is 4. The third-order valence-electron chi connectivity index (χ3n) is 8.15. The van der Waals surface area contributed by atoms with Gasteiger partial charge < -0.3 is 45.1 Å². The fourth-order valence-electron chi connectivity index (χ4n) is 6.12. The molecule has 0 aromatic heterocycles. The summed E-state index contributed by atoms with van der Waals surface area (Å²) in [6.45, 7) is 1.77. The van der Waals surface area contributed by atoms with Gasteiger partial charge in [0.25, 0.3) is 0 Å². The number of methoxy groups -OCH3 is 1. The molecule has 6 N–H and O–H groups in total. The minimum atomic E-state index is -2.29. The van der Waals surface area contributed by atoms with E-state index in [1.54, 1.807) is 6.92 Å². The number of nitrogens with one attached hydrogen (secondary N) is 1. The predicted octanol–water partition coefficient (Wildman–Crippen LogP) is 0.179. The number of hydrogen-bond acceptors (Lipinski definition) is 12. The van der Waals surface area contributed by atoms with Crippen molar-refractivity contribution in [1.29, 1.82) is 0 Å². The number of phenolic OH excluding ortho intramolecular Hbond substituents is 2. The standard InChI is InChI=1S/C29H31NO12/c1-11-24(34)15(30-12(2)32)7-19(41-11)42-17-9-29(39,18(33)10-31)8-14-21(17)28(38)23-22(26(14)36)25(35)13-5-4-6-16(40-3)20(13)27(23)37/h4-6,11,15,17,19,24,31,34,36,38-39H,7-10H2,1-3H3,(H,30,32)/t11?,15?,17?,19?,24?,29-/m0/s1. The average molecular weight is 586 g/mol. The molecule has 3 aliphatic rings. The summed E-state index contributed by atoms with van der Waals surface area (Å²) in [5.41, 5.74) is -3.84. The number of carbonyl (C=O) groups is 4. The third-order valence-corrected chi connectivity index (χ3v) is 8.15. The lowest BCUT2D eigenvalue weighted by molar-refractivity contribution is -0.249. The van der Waals surface area contributed by atoms with Gasteiger partial charge in [0.05, 0.1) is 42.0 Å². The SMILES string of the molecule is COc1cccc2c1C(=O)c1c(O)c3c(c(O)c1C2=O)C[C@@](O)(C(=O)CO)CC3OC1CC(NC(C)=O)C(O)C(C)O1. The molecule has 42 heavy (non-hydrogen) atoms. The van der Waals surface area contributed by atoms with Crippen LogP contribution in [0.3, 0.4) is 0 Å². The molecule has 0 saturated carbocycles. The first kappa shape index (κ1) is 29.6. The maximum atomic E-state index is 13.7. The van der Waals surface area contributed by atoms with Crippen LogP contribution in [0.15, 0.2) is 18.2 Å². The highest BCUT2D eigenvalue weighted by Crippen LogP contribution is 2.52. The summed E-state index contributed by atoms with van der Waals surface area (Å²) in [5.74, 6) is -4.34. The Bertz CT molecular complexity index is 1500. The Balaban J connectivity index is 1.65. The zero-order valence-electron chi connectivity index (χ0n) is 23.0. The lowest BCUT2D eigenvalue weighted by atomic mass is 9.72. The number of fused-ring (bicyclic) bond motifs is 3. The van der Waals surface area contributed by atoms with Gasteiger partial charge in [0.2, 0.25) is 11.7 Å². The Hall–Kier alpha value is -3.88. The van der Waals surface area contributed by atoms with Crippen LogP contribution in [0.25, 0.3) is 0 Å². The van der Waals surface area contributed by atoms with E-state index in [0.717, 1.165) is 0 Å². The van der Waals surface area contributed by atoms with Crippen LogP contribution in [0.2, 0.25) is 0 Å². The molecule has 5 unspecified atom stereocenters. The van der Waals surface area contributed by atoms with Gasteiger partial charge in [-0.25, -0.2) is 0 Å². The van der Waals surface area contributed by atoms with Crippen LogP contribution in [0, 0.1) is 0 Å². The Morgan fingerprint density at radius 3 is 2.45 bits per heavy atom. The molecule has 224 valence electrons. The van der Waals surface area contributed by atoms with Crippen molar-refractivity contribution in [3.63, 3.8) is 0 Å². The molecular weight excluding hydrogens is 554 g/mol. The second kappa shape index (κ2) is 10.7. The normalized spacial score (nSPS) is 28.4.